The lowest BCUT2D eigenvalue weighted by molar-refractivity contribution is -0.144. The molecule has 2 rings (SSSR count). The van der Waals surface area contributed by atoms with Crippen LogP contribution >= 0.6 is 0 Å². The van der Waals surface area contributed by atoms with E-state index in [1.54, 1.807) is 0 Å². The second-order valence-corrected chi connectivity index (χ2v) is 4.18. The minimum Gasteiger partial charge on any atom is -0.465 e. The molecule has 1 unspecified atom stereocenters. The summed E-state index contributed by atoms with van der Waals surface area (Å²) < 4.78 is 7.07. The maximum atomic E-state index is 11.6. The fourth-order valence-corrected chi connectivity index (χ4v) is 1.84. The minimum atomic E-state index is -0.332. The topological polar surface area (TPSA) is 57.0 Å². The van der Waals surface area contributed by atoms with Gasteiger partial charge in [-0.25, -0.2) is 0 Å². The number of rotatable bonds is 4. The third-order valence-corrected chi connectivity index (χ3v) is 2.83. The first kappa shape index (κ1) is 11.1. The second kappa shape index (κ2) is 4.23. The number of carbonyl (C=O) groups is 1. The van der Waals surface area contributed by atoms with Crippen LogP contribution in [0.25, 0.3) is 0 Å². The number of nitrogens with zero attached hydrogens (tertiary/aromatic N) is 3. The fraction of sp³-hybridized carbons (Fsp3) is 0.727. The SMILES string of the molecule is CCOC(=O)C(C)c1nnc(C)n1C1CC1. The number of hydrogen-bond donors (Lipinski definition) is 0. The predicted octanol–water partition coefficient (Wildman–Crippen LogP) is 1.59. The summed E-state index contributed by atoms with van der Waals surface area (Å²) >= 11 is 0. The third-order valence-electron chi connectivity index (χ3n) is 2.83. The van der Waals surface area contributed by atoms with Crippen LogP contribution in [-0.4, -0.2) is 27.3 Å². The monoisotopic (exact) mass is 223 g/mol. The highest BCUT2D eigenvalue weighted by Gasteiger charge is 2.32. The molecule has 0 saturated heterocycles. The molecule has 1 aromatic rings. The van der Waals surface area contributed by atoms with Crippen LogP contribution < -0.4 is 0 Å². The van der Waals surface area contributed by atoms with Crippen LogP contribution in [0.1, 0.15) is 50.3 Å². The van der Waals surface area contributed by atoms with Crippen LogP contribution in [0.2, 0.25) is 0 Å². The van der Waals surface area contributed by atoms with Gasteiger partial charge in [0.15, 0.2) is 0 Å². The molecule has 1 heterocycles. The molecule has 1 atom stereocenters. The van der Waals surface area contributed by atoms with E-state index in [4.69, 9.17) is 4.74 Å². The first-order valence-corrected chi connectivity index (χ1v) is 5.73. The molecule has 1 aromatic heterocycles. The molecular weight excluding hydrogens is 206 g/mol. The Hall–Kier alpha value is -1.39. The van der Waals surface area contributed by atoms with Gasteiger partial charge in [-0.2, -0.15) is 0 Å². The van der Waals surface area contributed by atoms with Gasteiger partial charge in [0.25, 0.3) is 0 Å². The van der Waals surface area contributed by atoms with E-state index in [1.807, 2.05) is 20.8 Å². The summed E-state index contributed by atoms with van der Waals surface area (Å²) in [6.07, 6.45) is 2.31. The van der Waals surface area contributed by atoms with Crippen molar-refractivity contribution >= 4 is 5.97 Å². The lowest BCUT2D eigenvalue weighted by atomic mass is 10.1. The van der Waals surface area contributed by atoms with Crippen molar-refractivity contribution in [3.05, 3.63) is 11.6 Å². The van der Waals surface area contributed by atoms with Crippen molar-refractivity contribution in [1.82, 2.24) is 14.8 Å². The quantitative estimate of drug-likeness (QED) is 0.727. The highest BCUT2D eigenvalue weighted by molar-refractivity contribution is 5.76. The fourth-order valence-electron chi connectivity index (χ4n) is 1.84. The van der Waals surface area contributed by atoms with E-state index < -0.39 is 0 Å². The summed E-state index contributed by atoms with van der Waals surface area (Å²) in [7, 11) is 0. The molecule has 0 amide bonds. The summed E-state index contributed by atoms with van der Waals surface area (Å²) in [6, 6.07) is 0.488. The van der Waals surface area contributed by atoms with E-state index in [0.29, 0.717) is 12.6 Å². The maximum Gasteiger partial charge on any atom is 0.316 e. The van der Waals surface area contributed by atoms with Crippen LogP contribution in [0.15, 0.2) is 0 Å². The van der Waals surface area contributed by atoms with Crippen LogP contribution in [-0.2, 0) is 9.53 Å². The van der Waals surface area contributed by atoms with Gasteiger partial charge in [-0.1, -0.05) is 0 Å². The summed E-state index contributed by atoms with van der Waals surface area (Å²) in [5, 5.41) is 8.14. The first-order chi connectivity index (χ1) is 7.65. The van der Waals surface area contributed by atoms with Crippen LogP contribution in [0, 0.1) is 6.92 Å². The molecule has 5 heteroatoms. The van der Waals surface area contributed by atoms with E-state index in [9.17, 15) is 4.79 Å². The molecule has 1 aliphatic carbocycles. The summed E-state index contributed by atoms with van der Waals surface area (Å²) in [5.74, 6) is 1.06. The molecule has 0 radical (unpaired) electrons. The smallest absolute Gasteiger partial charge is 0.316 e. The number of hydrogen-bond acceptors (Lipinski definition) is 4. The maximum absolute atomic E-state index is 11.6. The normalized spacial score (nSPS) is 17.2. The molecule has 0 aromatic carbocycles. The molecule has 0 N–H and O–H groups in total. The Morgan fingerprint density at radius 1 is 1.56 bits per heavy atom. The Balaban J connectivity index is 2.22. The standard InChI is InChI=1S/C11H17N3O2/c1-4-16-11(15)7(2)10-13-12-8(3)14(10)9-5-6-9/h7,9H,4-6H2,1-3H3. The third kappa shape index (κ3) is 1.94. The van der Waals surface area contributed by atoms with Crippen molar-refractivity contribution in [1.29, 1.82) is 0 Å². The molecule has 1 fully saturated rings. The first-order valence-electron chi connectivity index (χ1n) is 5.73. The molecule has 1 aliphatic rings. The van der Waals surface area contributed by atoms with Gasteiger partial charge in [0.2, 0.25) is 0 Å². The van der Waals surface area contributed by atoms with Gasteiger partial charge < -0.3 is 9.30 Å². The lowest BCUT2D eigenvalue weighted by Crippen LogP contribution is -2.17. The summed E-state index contributed by atoms with van der Waals surface area (Å²) in [5.41, 5.74) is 0. The molecule has 88 valence electrons. The van der Waals surface area contributed by atoms with Crippen LogP contribution in [0.3, 0.4) is 0 Å². The van der Waals surface area contributed by atoms with E-state index in [1.165, 1.54) is 0 Å². The highest BCUT2D eigenvalue weighted by atomic mass is 16.5. The van der Waals surface area contributed by atoms with Crippen molar-refractivity contribution < 1.29 is 9.53 Å². The van der Waals surface area contributed by atoms with Crippen LogP contribution in [0.4, 0.5) is 0 Å². The van der Waals surface area contributed by atoms with Gasteiger partial charge >= 0.3 is 5.97 Å². The van der Waals surface area contributed by atoms with Gasteiger partial charge in [-0.15, -0.1) is 10.2 Å². The van der Waals surface area contributed by atoms with E-state index in [0.717, 1.165) is 24.5 Å². The number of ether oxygens (including phenoxy) is 1. The van der Waals surface area contributed by atoms with Crippen molar-refractivity contribution in [2.75, 3.05) is 6.61 Å². The molecule has 0 aliphatic heterocycles. The Labute approximate surface area is 94.8 Å². The van der Waals surface area contributed by atoms with E-state index in [-0.39, 0.29) is 11.9 Å². The number of aryl methyl sites for hydroxylation is 1. The number of esters is 1. The van der Waals surface area contributed by atoms with Gasteiger partial charge in [-0.3, -0.25) is 4.79 Å². The second-order valence-electron chi connectivity index (χ2n) is 4.18. The zero-order chi connectivity index (χ0) is 11.7. The van der Waals surface area contributed by atoms with E-state index in [2.05, 4.69) is 14.8 Å². The molecule has 16 heavy (non-hydrogen) atoms. The average molecular weight is 223 g/mol. The molecular formula is C11H17N3O2. The van der Waals surface area contributed by atoms with Gasteiger partial charge in [0.05, 0.1) is 6.61 Å². The molecule has 5 nitrogen and oxygen atoms in total. The minimum absolute atomic E-state index is 0.225. The van der Waals surface area contributed by atoms with E-state index >= 15 is 0 Å². The van der Waals surface area contributed by atoms with Crippen molar-refractivity contribution in [2.45, 2.75) is 45.6 Å². The Bertz CT molecular complexity index is 396. The van der Waals surface area contributed by atoms with Gasteiger partial charge in [-0.05, 0) is 33.6 Å². The van der Waals surface area contributed by atoms with Gasteiger partial charge in [0, 0.05) is 6.04 Å². The Morgan fingerprint density at radius 3 is 2.81 bits per heavy atom. The van der Waals surface area contributed by atoms with Crippen LogP contribution in [0.5, 0.6) is 0 Å². The number of carbonyl (C=O) groups excluding carboxylic acids is 1. The Kier molecular flexibility index (Phi) is 2.94. The molecule has 1 saturated carbocycles. The summed E-state index contributed by atoms with van der Waals surface area (Å²) in [4.78, 5) is 11.6. The van der Waals surface area contributed by atoms with Crippen molar-refractivity contribution in [3.63, 3.8) is 0 Å². The summed E-state index contributed by atoms with van der Waals surface area (Å²) in [6.45, 7) is 5.95. The van der Waals surface area contributed by atoms with Crippen molar-refractivity contribution in [2.24, 2.45) is 0 Å². The van der Waals surface area contributed by atoms with Gasteiger partial charge in [0.1, 0.15) is 17.6 Å². The molecule has 0 spiro atoms. The zero-order valence-electron chi connectivity index (χ0n) is 9.93. The predicted molar refractivity (Wildman–Crippen MR) is 58.1 cm³/mol. The Morgan fingerprint density at radius 2 is 2.25 bits per heavy atom. The zero-order valence-corrected chi connectivity index (χ0v) is 9.93. The largest absolute Gasteiger partial charge is 0.465 e. The number of aromatic nitrogens is 3. The lowest BCUT2D eigenvalue weighted by Gasteiger charge is -2.12. The highest BCUT2D eigenvalue weighted by Crippen LogP contribution is 2.37. The van der Waals surface area contributed by atoms with Crippen molar-refractivity contribution in [3.8, 4) is 0 Å². The average Bonchev–Trinajstić information content (AvgIpc) is 3.02. The molecule has 0 bridgehead atoms.